The van der Waals surface area contributed by atoms with Gasteiger partial charge in [0.15, 0.2) is 0 Å². The van der Waals surface area contributed by atoms with Crippen LogP contribution in [0.4, 0.5) is 0 Å². The van der Waals surface area contributed by atoms with Crippen LogP contribution in [0.15, 0.2) is 30.5 Å². The molecule has 52 heavy (non-hydrogen) atoms. The fraction of sp³-hybridized carbons (Fsp3) is 0.600. The van der Waals surface area contributed by atoms with Crippen LogP contribution in [-0.4, -0.2) is 123 Å². The third-order valence-electron chi connectivity index (χ3n) is 7.76. The maximum Gasteiger partial charge on any atom is 0.246 e. The molecule has 7 N–H and O–H groups in total. The van der Waals surface area contributed by atoms with Crippen molar-refractivity contribution < 1.29 is 42.9 Å². The van der Waals surface area contributed by atoms with E-state index in [0.29, 0.717) is 98.1 Å². The summed E-state index contributed by atoms with van der Waals surface area (Å²) < 4.78 is 29.3. The van der Waals surface area contributed by atoms with Gasteiger partial charge in [-0.25, -0.2) is 4.98 Å². The lowest BCUT2D eigenvalue weighted by atomic mass is 10.1. The molecule has 2 heterocycles. The first-order valence-electron chi connectivity index (χ1n) is 17.8. The van der Waals surface area contributed by atoms with Gasteiger partial charge in [-0.05, 0) is 38.7 Å². The summed E-state index contributed by atoms with van der Waals surface area (Å²) in [5, 5.41) is 9.31. The van der Waals surface area contributed by atoms with Gasteiger partial charge in [-0.15, -0.1) is 0 Å². The molecular weight excluding hydrogens is 676 g/mol. The first-order chi connectivity index (χ1) is 25.3. The fourth-order valence-corrected chi connectivity index (χ4v) is 5.08. The highest BCUT2D eigenvalue weighted by Crippen LogP contribution is 2.25. The second-order valence-corrected chi connectivity index (χ2v) is 11.8. The third-order valence-corrected chi connectivity index (χ3v) is 7.76. The molecule has 1 atom stereocenters. The van der Waals surface area contributed by atoms with E-state index in [0.717, 1.165) is 27.8 Å². The number of ether oxygens (including phenoxy) is 5. The number of hydrogen-bond acceptors (Lipinski definition) is 12. The Morgan fingerprint density at radius 2 is 1.42 bits per heavy atom. The molecule has 1 aromatic carbocycles. The van der Waals surface area contributed by atoms with Crippen molar-refractivity contribution in [2.75, 3.05) is 79.1 Å². The number of carbonyl (C=O) groups excluding carboxylic acids is 4. The number of aryl methyl sites for hydroxylation is 1. The van der Waals surface area contributed by atoms with Crippen LogP contribution >= 0.6 is 0 Å². The van der Waals surface area contributed by atoms with E-state index >= 15 is 0 Å². The number of primary amides is 1. The van der Waals surface area contributed by atoms with Gasteiger partial charge in [0.1, 0.15) is 31.2 Å². The molecule has 0 bridgehead atoms. The topological polar surface area (TPSA) is 233 Å². The van der Waals surface area contributed by atoms with Gasteiger partial charge in [-0.2, -0.15) is 0 Å². The summed E-state index contributed by atoms with van der Waals surface area (Å²) in [6, 6.07) is 7.28. The molecule has 0 fully saturated rings. The van der Waals surface area contributed by atoms with E-state index < -0.39 is 11.9 Å². The van der Waals surface area contributed by atoms with Gasteiger partial charge in [-0.1, -0.05) is 18.2 Å². The number of aromatic nitrogens is 3. The molecule has 0 radical (unpaired) electrons. The number of benzene rings is 1. The summed E-state index contributed by atoms with van der Waals surface area (Å²) in [6.45, 7) is 6.27. The lowest BCUT2D eigenvalue weighted by Crippen LogP contribution is -2.36. The van der Waals surface area contributed by atoms with Crippen LogP contribution in [0, 0.1) is 0 Å². The number of nitrogens with one attached hydrogen (secondary N) is 3. The molecule has 0 saturated heterocycles. The molecule has 0 aliphatic heterocycles. The normalized spacial score (nSPS) is 11.9. The largest absolute Gasteiger partial charge is 0.379 e. The molecule has 17 heteroatoms. The van der Waals surface area contributed by atoms with E-state index in [4.69, 9.17) is 40.1 Å². The van der Waals surface area contributed by atoms with Gasteiger partial charge in [0, 0.05) is 44.6 Å². The summed E-state index contributed by atoms with van der Waals surface area (Å²) in [7, 11) is 0. The number of pyridine rings is 1. The molecule has 0 aliphatic rings. The van der Waals surface area contributed by atoms with Crippen molar-refractivity contribution in [3.63, 3.8) is 0 Å². The van der Waals surface area contributed by atoms with Gasteiger partial charge in [-0.3, -0.25) is 24.2 Å². The number of rotatable bonds is 29. The molecule has 2 aromatic heterocycles. The molecule has 1 unspecified atom stereocenters. The number of para-hydroxylation sites is 1. The van der Waals surface area contributed by atoms with E-state index in [1.165, 1.54) is 0 Å². The quantitative estimate of drug-likeness (QED) is 0.0607. The minimum atomic E-state index is -0.647. The summed E-state index contributed by atoms with van der Waals surface area (Å²) in [6.07, 6.45) is 4.60. The Hall–Kier alpha value is -4.26. The lowest BCUT2D eigenvalue weighted by molar-refractivity contribution is -0.131. The van der Waals surface area contributed by atoms with Crippen LogP contribution < -0.4 is 27.4 Å². The average molecular weight is 731 g/mol. The number of nitrogens with zero attached hydrogens (tertiary/aromatic N) is 3. The Labute approximate surface area is 303 Å². The van der Waals surface area contributed by atoms with Crippen molar-refractivity contribution in [2.45, 2.75) is 58.2 Å². The Morgan fingerprint density at radius 3 is 2.15 bits per heavy atom. The van der Waals surface area contributed by atoms with Crippen LogP contribution in [0.2, 0.25) is 0 Å². The first-order valence-corrected chi connectivity index (χ1v) is 17.8. The fourth-order valence-electron chi connectivity index (χ4n) is 5.08. The number of imidazole rings is 1. The SMILES string of the molecule is CCOCc1nc2cnc3ccccc3c2n1CCCNC(=O)COCC(=O)NCCOCCOCCOCCC(=O)NCCCCC(N)C(N)=O. The number of nitrogens with two attached hydrogens (primary N) is 2. The average Bonchev–Trinajstić information content (AvgIpc) is 3.50. The van der Waals surface area contributed by atoms with Gasteiger partial charge < -0.3 is 55.7 Å². The Kier molecular flexibility index (Phi) is 20.1. The van der Waals surface area contributed by atoms with E-state index in [2.05, 4.69) is 25.5 Å². The molecule has 0 spiro atoms. The zero-order valence-corrected chi connectivity index (χ0v) is 30.1. The highest BCUT2D eigenvalue weighted by Gasteiger charge is 2.15. The summed E-state index contributed by atoms with van der Waals surface area (Å²) in [5.74, 6) is -0.478. The zero-order chi connectivity index (χ0) is 37.4. The zero-order valence-electron chi connectivity index (χ0n) is 30.1. The van der Waals surface area contributed by atoms with Crippen LogP contribution in [0.1, 0.15) is 44.9 Å². The van der Waals surface area contributed by atoms with E-state index in [-0.39, 0.29) is 44.0 Å². The van der Waals surface area contributed by atoms with Gasteiger partial charge >= 0.3 is 0 Å². The van der Waals surface area contributed by atoms with Crippen molar-refractivity contribution in [1.29, 1.82) is 0 Å². The summed E-state index contributed by atoms with van der Waals surface area (Å²) >= 11 is 0. The first kappa shape index (κ1) is 42.2. The van der Waals surface area contributed by atoms with Gasteiger partial charge in [0.2, 0.25) is 23.6 Å². The predicted octanol–water partition coefficient (Wildman–Crippen LogP) is 0.299. The number of hydrogen-bond donors (Lipinski definition) is 5. The highest BCUT2D eigenvalue weighted by atomic mass is 16.5. The molecule has 0 aliphatic carbocycles. The van der Waals surface area contributed by atoms with Crippen molar-refractivity contribution in [3.05, 3.63) is 36.3 Å². The standard InChI is InChI=1S/C35H54N8O9/c1-2-48-23-30-42-29-22-41-28-10-4-3-8-26(28)34(29)43(30)15-7-13-39-32(45)24-52-25-33(46)40-14-17-50-19-21-51-20-18-49-16-11-31(44)38-12-6-5-9-27(36)35(37)47/h3-4,8,10,22,27H,2,5-7,9,11-21,23-25,36H2,1H3,(H2,37,47)(H,38,44)(H,39,45)(H,40,46). The van der Waals surface area contributed by atoms with Gasteiger partial charge in [0.05, 0.1) is 62.9 Å². The number of carbonyl (C=O) groups is 4. The molecular formula is C35H54N8O9. The van der Waals surface area contributed by atoms with Crippen LogP contribution in [0.25, 0.3) is 21.9 Å². The monoisotopic (exact) mass is 730 g/mol. The molecule has 17 nitrogen and oxygen atoms in total. The van der Waals surface area contributed by atoms with Crippen molar-refractivity contribution in [2.24, 2.45) is 11.5 Å². The Morgan fingerprint density at radius 1 is 0.769 bits per heavy atom. The highest BCUT2D eigenvalue weighted by molar-refractivity contribution is 6.02. The minimum absolute atomic E-state index is 0.111. The van der Waals surface area contributed by atoms with Crippen molar-refractivity contribution in [3.8, 4) is 0 Å². The number of amides is 4. The maximum atomic E-state index is 12.3. The number of unbranched alkanes of at least 4 members (excludes halogenated alkanes) is 1. The van der Waals surface area contributed by atoms with Crippen LogP contribution in [0.5, 0.6) is 0 Å². The molecule has 3 rings (SSSR count). The van der Waals surface area contributed by atoms with Crippen molar-refractivity contribution in [1.82, 2.24) is 30.5 Å². The maximum absolute atomic E-state index is 12.3. The molecule has 4 amide bonds. The van der Waals surface area contributed by atoms with Crippen LogP contribution in [-0.2, 0) is 56.0 Å². The smallest absolute Gasteiger partial charge is 0.246 e. The van der Waals surface area contributed by atoms with E-state index in [9.17, 15) is 19.2 Å². The molecule has 0 saturated carbocycles. The molecule has 288 valence electrons. The Bertz CT molecular complexity index is 1540. The van der Waals surface area contributed by atoms with E-state index in [1.54, 1.807) is 6.20 Å². The summed E-state index contributed by atoms with van der Waals surface area (Å²) in [4.78, 5) is 56.2. The van der Waals surface area contributed by atoms with Gasteiger partial charge in [0.25, 0.3) is 0 Å². The third kappa shape index (κ3) is 16.0. The van der Waals surface area contributed by atoms with Crippen LogP contribution in [0.3, 0.4) is 0 Å². The second kappa shape index (κ2) is 24.8. The van der Waals surface area contributed by atoms with E-state index in [1.807, 2.05) is 31.2 Å². The lowest BCUT2D eigenvalue weighted by Gasteiger charge is -2.11. The van der Waals surface area contributed by atoms with Crippen molar-refractivity contribution >= 4 is 45.6 Å². The number of fused-ring (bicyclic) bond motifs is 3. The minimum Gasteiger partial charge on any atom is -0.379 e. The molecule has 3 aromatic rings. The second-order valence-electron chi connectivity index (χ2n) is 11.8. The Balaban J connectivity index is 1.13. The summed E-state index contributed by atoms with van der Waals surface area (Å²) in [5.41, 5.74) is 13.4. The predicted molar refractivity (Wildman–Crippen MR) is 193 cm³/mol.